The van der Waals surface area contributed by atoms with Gasteiger partial charge in [0.1, 0.15) is 12.2 Å². The Morgan fingerprint density at radius 2 is 1.71 bits per heavy atom. The predicted molar refractivity (Wildman–Crippen MR) is 115 cm³/mol. The Morgan fingerprint density at radius 1 is 1.10 bits per heavy atom. The highest BCUT2D eigenvalue weighted by atomic mass is 32.2. The number of likely N-dealkylation sites (tertiary alicyclic amines) is 1. The van der Waals surface area contributed by atoms with Crippen LogP contribution in [0.15, 0.2) is 41.4 Å². The minimum Gasteiger partial charge on any atom is -0.372 e. The molecular formula is C22H29N3O5S. The zero-order valence-corrected chi connectivity index (χ0v) is 18.9. The third-order valence-corrected chi connectivity index (χ3v) is 7.64. The minimum absolute atomic E-state index is 0.0360. The largest absolute Gasteiger partial charge is 0.372 e. The van der Waals surface area contributed by atoms with Crippen molar-refractivity contribution in [2.24, 2.45) is 7.05 Å². The topological polar surface area (TPSA) is 89.9 Å². The molecule has 1 aromatic carbocycles. The number of aromatic nitrogens is 1. The number of amides is 1. The first kappa shape index (κ1) is 22.0. The standard InChI is InChI=1S/C22H29N3O5S/c1-4-16-5-7-18(8-6-16)31(27,28)23-17-13-29-20-11-25(12-21(20)30-14-17)22(26)19-9-10-24(3)15(19)2/h5-10,17,20-21,23H,4,11-14H2,1-3H3/t20-,21-/m0/s1. The molecule has 2 fully saturated rings. The van der Waals surface area contributed by atoms with Gasteiger partial charge in [-0.25, -0.2) is 13.1 Å². The Morgan fingerprint density at radius 3 is 2.23 bits per heavy atom. The maximum Gasteiger partial charge on any atom is 0.255 e. The number of carbonyl (C=O) groups excluding carboxylic acids is 1. The van der Waals surface area contributed by atoms with Gasteiger partial charge in [0.25, 0.3) is 5.91 Å². The molecule has 0 bridgehead atoms. The van der Waals surface area contributed by atoms with E-state index in [0.29, 0.717) is 18.7 Å². The second kappa shape index (κ2) is 8.74. The lowest BCUT2D eigenvalue weighted by Gasteiger charge is -2.19. The van der Waals surface area contributed by atoms with Gasteiger partial charge in [0.15, 0.2) is 0 Å². The summed E-state index contributed by atoms with van der Waals surface area (Å²) in [6, 6.07) is 8.21. The first-order chi connectivity index (χ1) is 14.8. The molecule has 2 saturated heterocycles. The van der Waals surface area contributed by atoms with Crippen LogP contribution in [0.25, 0.3) is 0 Å². The number of fused-ring (bicyclic) bond motifs is 1. The van der Waals surface area contributed by atoms with Crippen molar-refractivity contribution in [3.05, 3.63) is 53.3 Å². The molecule has 0 spiro atoms. The molecule has 31 heavy (non-hydrogen) atoms. The molecule has 2 aliphatic rings. The molecule has 1 amide bonds. The third-order valence-electron chi connectivity index (χ3n) is 6.10. The van der Waals surface area contributed by atoms with Crippen molar-refractivity contribution >= 4 is 15.9 Å². The van der Waals surface area contributed by atoms with Gasteiger partial charge < -0.3 is 18.9 Å². The van der Waals surface area contributed by atoms with Gasteiger partial charge in [-0.1, -0.05) is 19.1 Å². The van der Waals surface area contributed by atoms with Gasteiger partial charge in [0, 0.05) is 32.0 Å². The summed E-state index contributed by atoms with van der Waals surface area (Å²) in [5, 5.41) is 0. The molecule has 8 nitrogen and oxygen atoms in total. The molecule has 0 saturated carbocycles. The van der Waals surface area contributed by atoms with E-state index in [0.717, 1.165) is 17.7 Å². The van der Waals surface area contributed by atoms with Crippen molar-refractivity contribution < 1.29 is 22.7 Å². The molecule has 0 unspecified atom stereocenters. The maximum atomic E-state index is 12.9. The zero-order chi connectivity index (χ0) is 22.2. The Labute approximate surface area is 183 Å². The molecule has 3 heterocycles. The fourth-order valence-corrected chi connectivity index (χ4v) is 5.23. The van der Waals surface area contributed by atoms with Crippen molar-refractivity contribution in [2.45, 2.75) is 43.4 Å². The van der Waals surface area contributed by atoms with Crippen LogP contribution in [-0.4, -0.2) is 68.3 Å². The molecule has 0 aliphatic carbocycles. The Hall–Kier alpha value is -2.20. The molecular weight excluding hydrogens is 418 g/mol. The maximum absolute atomic E-state index is 12.9. The van der Waals surface area contributed by atoms with Crippen molar-refractivity contribution in [2.75, 3.05) is 26.3 Å². The fourth-order valence-electron chi connectivity index (χ4n) is 4.02. The fraction of sp³-hybridized carbons (Fsp3) is 0.500. The number of rotatable bonds is 5. The van der Waals surface area contributed by atoms with Gasteiger partial charge in [-0.15, -0.1) is 0 Å². The number of hydrogen-bond acceptors (Lipinski definition) is 5. The number of nitrogens with zero attached hydrogens (tertiary/aromatic N) is 2. The number of hydrogen-bond donors (Lipinski definition) is 1. The van der Waals surface area contributed by atoms with Crippen molar-refractivity contribution in [1.29, 1.82) is 0 Å². The predicted octanol–water partition coefficient (Wildman–Crippen LogP) is 1.48. The quantitative estimate of drug-likeness (QED) is 0.750. The number of carbonyl (C=O) groups is 1. The normalized spacial score (nSPS) is 22.4. The number of nitrogens with one attached hydrogen (secondary N) is 1. The Bertz CT molecular complexity index is 1030. The summed E-state index contributed by atoms with van der Waals surface area (Å²) in [6.07, 6.45) is 2.18. The van der Waals surface area contributed by atoms with E-state index in [1.807, 2.05) is 49.9 Å². The summed E-state index contributed by atoms with van der Waals surface area (Å²) in [5.41, 5.74) is 2.68. The van der Waals surface area contributed by atoms with Crippen LogP contribution in [0.2, 0.25) is 0 Å². The van der Waals surface area contributed by atoms with Crippen LogP contribution >= 0.6 is 0 Å². The Kier molecular flexibility index (Phi) is 6.20. The van der Waals surface area contributed by atoms with E-state index >= 15 is 0 Å². The van der Waals surface area contributed by atoms with Crippen LogP contribution in [0.4, 0.5) is 0 Å². The van der Waals surface area contributed by atoms with E-state index in [9.17, 15) is 13.2 Å². The molecule has 168 valence electrons. The number of aryl methyl sites for hydroxylation is 2. The van der Waals surface area contributed by atoms with E-state index < -0.39 is 16.1 Å². The number of ether oxygens (including phenoxy) is 2. The van der Waals surface area contributed by atoms with Gasteiger partial charge in [-0.05, 0) is 37.1 Å². The lowest BCUT2D eigenvalue weighted by molar-refractivity contribution is -0.00461. The first-order valence-electron chi connectivity index (χ1n) is 10.5. The van der Waals surface area contributed by atoms with Gasteiger partial charge in [0.05, 0.1) is 29.7 Å². The lowest BCUT2D eigenvalue weighted by Crippen LogP contribution is -2.41. The molecule has 9 heteroatoms. The summed E-state index contributed by atoms with van der Waals surface area (Å²) >= 11 is 0. The van der Waals surface area contributed by atoms with Gasteiger partial charge in [-0.3, -0.25) is 4.79 Å². The Balaban J connectivity index is 1.36. The SMILES string of the molecule is CCc1ccc(S(=O)(=O)NC2CO[C@H]3CN(C(=O)c4ccn(C)c4C)C[C@@H]3OC2)cc1. The molecule has 4 rings (SSSR count). The van der Waals surface area contributed by atoms with E-state index in [2.05, 4.69) is 4.72 Å². The summed E-state index contributed by atoms with van der Waals surface area (Å²) in [4.78, 5) is 14.8. The van der Waals surface area contributed by atoms with Gasteiger partial charge in [0.2, 0.25) is 10.0 Å². The van der Waals surface area contributed by atoms with Crippen LogP contribution < -0.4 is 4.72 Å². The summed E-state index contributed by atoms with van der Waals surface area (Å²) in [7, 11) is -1.76. The van der Waals surface area contributed by atoms with E-state index in [-0.39, 0.29) is 36.2 Å². The second-order valence-corrected chi connectivity index (χ2v) is 9.91. The molecule has 0 radical (unpaired) electrons. The highest BCUT2D eigenvalue weighted by molar-refractivity contribution is 7.89. The summed E-state index contributed by atoms with van der Waals surface area (Å²) in [5.74, 6) is -0.0360. The zero-order valence-electron chi connectivity index (χ0n) is 18.1. The molecule has 1 aromatic heterocycles. The van der Waals surface area contributed by atoms with E-state index in [1.54, 1.807) is 17.0 Å². The van der Waals surface area contributed by atoms with Crippen LogP contribution in [0.1, 0.15) is 28.5 Å². The summed E-state index contributed by atoms with van der Waals surface area (Å²) in [6.45, 7) is 5.18. The third kappa shape index (κ3) is 4.55. The highest BCUT2D eigenvalue weighted by Crippen LogP contribution is 2.23. The van der Waals surface area contributed by atoms with Crippen LogP contribution in [0.5, 0.6) is 0 Å². The average Bonchev–Trinajstić information content (AvgIpc) is 3.27. The van der Waals surface area contributed by atoms with Crippen molar-refractivity contribution in [3.63, 3.8) is 0 Å². The molecule has 2 aliphatic heterocycles. The number of benzene rings is 1. The molecule has 2 atom stereocenters. The minimum atomic E-state index is -3.66. The van der Waals surface area contributed by atoms with Crippen molar-refractivity contribution in [3.8, 4) is 0 Å². The van der Waals surface area contributed by atoms with Crippen LogP contribution in [0.3, 0.4) is 0 Å². The van der Waals surface area contributed by atoms with Gasteiger partial charge >= 0.3 is 0 Å². The smallest absolute Gasteiger partial charge is 0.255 e. The molecule has 1 N–H and O–H groups in total. The first-order valence-corrected chi connectivity index (χ1v) is 12.0. The van der Waals surface area contributed by atoms with E-state index in [4.69, 9.17) is 9.47 Å². The van der Waals surface area contributed by atoms with Crippen LogP contribution in [-0.2, 0) is 33.0 Å². The summed E-state index contributed by atoms with van der Waals surface area (Å²) < 4.78 is 41.9. The average molecular weight is 448 g/mol. The van der Waals surface area contributed by atoms with Crippen LogP contribution in [0, 0.1) is 6.92 Å². The van der Waals surface area contributed by atoms with Crippen molar-refractivity contribution in [1.82, 2.24) is 14.2 Å². The molecule has 2 aromatic rings. The van der Waals surface area contributed by atoms with E-state index in [1.165, 1.54) is 0 Å². The number of sulfonamides is 1. The van der Waals surface area contributed by atoms with Gasteiger partial charge in [-0.2, -0.15) is 0 Å². The highest BCUT2D eigenvalue weighted by Gasteiger charge is 2.40. The second-order valence-electron chi connectivity index (χ2n) is 8.20. The monoisotopic (exact) mass is 447 g/mol. The lowest BCUT2D eigenvalue weighted by atomic mass is 10.2.